The highest BCUT2D eigenvalue weighted by atomic mass is 14.9. The molecule has 0 saturated heterocycles. The van der Waals surface area contributed by atoms with Gasteiger partial charge in [-0.25, -0.2) is 0 Å². The van der Waals surface area contributed by atoms with Crippen molar-refractivity contribution in [2.45, 2.75) is 46.0 Å². The molecule has 0 fully saturated rings. The zero-order valence-corrected chi connectivity index (χ0v) is 10.2. The van der Waals surface area contributed by atoms with Crippen LogP contribution >= 0.6 is 0 Å². The normalized spacial score (nSPS) is 12.5. The highest BCUT2D eigenvalue weighted by molar-refractivity contribution is 5.45. The number of unbranched alkanes of at least 4 members (excludes halogenated alkanes) is 1. The summed E-state index contributed by atoms with van der Waals surface area (Å²) in [4.78, 5) is 0. The number of rotatable bonds is 6. The van der Waals surface area contributed by atoms with Crippen LogP contribution in [0.15, 0.2) is 24.3 Å². The van der Waals surface area contributed by atoms with E-state index in [9.17, 15) is 0 Å². The highest BCUT2D eigenvalue weighted by Crippen LogP contribution is 2.20. The quantitative estimate of drug-likeness (QED) is 0.678. The molecule has 0 heterocycles. The summed E-state index contributed by atoms with van der Waals surface area (Å²) in [6.07, 6.45) is 3.70. The molecule has 0 aliphatic rings. The maximum Gasteiger partial charge on any atom is 0.0340 e. The van der Waals surface area contributed by atoms with Crippen LogP contribution in [0.4, 0.5) is 5.69 Å². The van der Waals surface area contributed by atoms with E-state index in [1.165, 1.54) is 30.5 Å². The van der Waals surface area contributed by atoms with Crippen molar-refractivity contribution < 1.29 is 0 Å². The molecule has 1 heteroatoms. The van der Waals surface area contributed by atoms with E-state index < -0.39 is 0 Å². The van der Waals surface area contributed by atoms with E-state index in [2.05, 4.69) is 50.4 Å². The van der Waals surface area contributed by atoms with Gasteiger partial charge in [0.05, 0.1) is 0 Å². The maximum atomic E-state index is 3.43. The molecule has 0 amide bonds. The first kappa shape index (κ1) is 12.1. The van der Waals surface area contributed by atoms with Crippen molar-refractivity contribution >= 4 is 5.69 Å². The van der Waals surface area contributed by atoms with E-state index in [4.69, 9.17) is 0 Å². The van der Waals surface area contributed by atoms with Gasteiger partial charge in [-0.15, -0.1) is 0 Å². The molecule has 15 heavy (non-hydrogen) atoms. The highest BCUT2D eigenvalue weighted by Gasteiger charge is 2.01. The van der Waals surface area contributed by atoms with Gasteiger partial charge >= 0.3 is 0 Å². The van der Waals surface area contributed by atoms with Crippen molar-refractivity contribution in [2.75, 3.05) is 11.9 Å². The molecular formula is C14H23N. The molecular weight excluding hydrogens is 182 g/mol. The van der Waals surface area contributed by atoms with Crippen LogP contribution in [0.3, 0.4) is 0 Å². The van der Waals surface area contributed by atoms with Crippen molar-refractivity contribution in [3.8, 4) is 0 Å². The summed E-state index contributed by atoms with van der Waals surface area (Å²) < 4.78 is 0. The second kappa shape index (κ2) is 6.49. The second-order valence-corrected chi connectivity index (χ2v) is 4.21. The fraction of sp³-hybridized carbons (Fsp3) is 0.571. The summed E-state index contributed by atoms with van der Waals surface area (Å²) in [5.74, 6) is 0.676. The van der Waals surface area contributed by atoms with Gasteiger partial charge in [-0.3, -0.25) is 0 Å². The first-order valence-electron chi connectivity index (χ1n) is 6.11. The minimum absolute atomic E-state index is 0.676. The molecule has 1 rings (SSSR count). The summed E-state index contributed by atoms with van der Waals surface area (Å²) in [5.41, 5.74) is 2.69. The molecule has 1 aromatic rings. The van der Waals surface area contributed by atoms with Crippen molar-refractivity contribution in [1.82, 2.24) is 0 Å². The van der Waals surface area contributed by atoms with Crippen LogP contribution in [-0.4, -0.2) is 6.54 Å². The molecule has 1 N–H and O–H groups in total. The molecule has 0 spiro atoms. The third-order valence-corrected chi connectivity index (χ3v) is 2.95. The first-order chi connectivity index (χ1) is 7.27. The van der Waals surface area contributed by atoms with Crippen LogP contribution in [0.2, 0.25) is 0 Å². The van der Waals surface area contributed by atoms with Crippen molar-refractivity contribution in [3.05, 3.63) is 29.8 Å². The summed E-state index contributed by atoms with van der Waals surface area (Å²) in [6, 6.07) is 8.86. The Balaban J connectivity index is 2.49. The monoisotopic (exact) mass is 205 g/mol. The van der Waals surface area contributed by atoms with Gasteiger partial charge in [-0.05, 0) is 36.5 Å². The summed E-state index contributed by atoms with van der Waals surface area (Å²) in [5, 5.41) is 3.43. The lowest BCUT2D eigenvalue weighted by molar-refractivity contribution is 0.733. The molecule has 0 aliphatic heterocycles. The fourth-order valence-corrected chi connectivity index (χ4v) is 1.57. The van der Waals surface area contributed by atoms with Crippen LogP contribution in [0.5, 0.6) is 0 Å². The van der Waals surface area contributed by atoms with Gasteiger partial charge in [0.1, 0.15) is 0 Å². The smallest absolute Gasteiger partial charge is 0.0340 e. The Bertz CT molecular complexity index is 263. The predicted molar refractivity (Wildman–Crippen MR) is 68.5 cm³/mol. The number of anilines is 1. The standard InChI is InChI=1S/C14H23N/c1-4-6-11-15-14-9-7-13(8-10-14)12(3)5-2/h7-10,12,15H,4-6,11H2,1-3H3. The topological polar surface area (TPSA) is 12.0 Å². The summed E-state index contributed by atoms with van der Waals surface area (Å²) >= 11 is 0. The van der Waals surface area contributed by atoms with Crippen molar-refractivity contribution in [2.24, 2.45) is 0 Å². The molecule has 1 nitrogen and oxygen atoms in total. The third-order valence-electron chi connectivity index (χ3n) is 2.95. The zero-order chi connectivity index (χ0) is 11.1. The average molecular weight is 205 g/mol. The molecule has 0 aliphatic carbocycles. The van der Waals surface area contributed by atoms with E-state index in [1.807, 2.05) is 0 Å². The van der Waals surface area contributed by atoms with E-state index in [1.54, 1.807) is 0 Å². The van der Waals surface area contributed by atoms with Crippen LogP contribution < -0.4 is 5.32 Å². The number of benzene rings is 1. The number of nitrogens with one attached hydrogen (secondary N) is 1. The Hall–Kier alpha value is -0.980. The van der Waals surface area contributed by atoms with Crippen LogP contribution in [0, 0.1) is 0 Å². The predicted octanol–water partition coefficient (Wildman–Crippen LogP) is 4.41. The van der Waals surface area contributed by atoms with Crippen molar-refractivity contribution in [1.29, 1.82) is 0 Å². The molecule has 0 radical (unpaired) electrons. The summed E-state index contributed by atoms with van der Waals surface area (Å²) in [7, 11) is 0. The Labute approximate surface area is 93.9 Å². The van der Waals surface area contributed by atoms with Crippen molar-refractivity contribution in [3.63, 3.8) is 0 Å². The van der Waals surface area contributed by atoms with E-state index in [-0.39, 0.29) is 0 Å². The van der Waals surface area contributed by atoms with Gasteiger partial charge in [0.15, 0.2) is 0 Å². The lowest BCUT2D eigenvalue weighted by Crippen LogP contribution is -2.01. The van der Waals surface area contributed by atoms with Gasteiger partial charge < -0.3 is 5.32 Å². The largest absolute Gasteiger partial charge is 0.385 e. The van der Waals surface area contributed by atoms with E-state index >= 15 is 0 Å². The molecule has 1 atom stereocenters. The zero-order valence-electron chi connectivity index (χ0n) is 10.2. The molecule has 1 unspecified atom stereocenters. The van der Waals surface area contributed by atoms with E-state index in [0.717, 1.165) is 6.54 Å². The minimum Gasteiger partial charge on any atom is -0.385 e. The molecule has 1 aromatic carbocycles. The van der Waals surface area contributed by atoms with Gasteiger partial charge in [-0.1, -0.05) is 39.3 Å². The van der Waals surface area contributed by atoms with Gasteiger partial charge in [-0.2, -0.15) is 0 Å². The fourth-order valence-electron chi connectivity index (χ4n) is 1.57. The lowest BCUT2D eigenvalue weighted by Gasteiger charge is -2.10. The Morgan fingerprint density at radius 1 is 1.13 bits per heavy atom. The molecule has 0 bridgehead atoms. The number of hydrogen-bond acceptors (Lipinski definition) is 1. The van der Waals surface area contributed by atoms with Crippen LogP contribution in [0.1, 0.15) is 51.5 Å². The van der Waals surface area contributed by atoms with E-state index in [0.29, 0.717) is 5.92 Å². The second-order valence-electron chi connectivity index (χ2n) is 4.21. The molecule has 0 saturated carbocycles. The minimum atomic E-state index is 0.676. The van der Waals surface area contributed by atoms with Crippen LogP contribution in [0.25, 0.3) is 0 Å². The maximum absolute atomic E-state index is 3.43. The van der Waals surface area contributed by atoms with Crippen LogP contribution in [-0.2, 0) is 0 Å². The van der Waals surface area contributed by atoms with Gasteiger partial charge in [0, 0.05) is 12.2 Å². The number of hydrogen-bond donors (Lipinski definition) is 1. The molecule has 84 valence electrons. The summed E-state index contributed by atoms with van der Waals surface area (Å²) in [6.45, 7) is 7.81. The lowest BCUT2D eigenvalue weighted by atomic mass is 9.99. The Morgan fingerprint density at radius 2 is 1.80 bits per heavy atom. The SMILES string of the molecule is CCCCNc1ccc(C(C)CC)cc1. The van der Waals surface area contributed by atoms with Gasteiger partial charge in [0.2, 0.25) is 0 Å². The Morgan fingerprint density at radius 3 is 2.33 bits per heavy atom. The first-order valence-corrected chi connectivity index (χ1v) is 6.11. The van der Waals surface area contributed by atoms with Gasteiger partial charge in [0.25, 0.3) is 0 Å². The molecule has 0 aromatic heterocycles. The third kappa shape index (κ3) is 3.94. The average Bonchev–Trinajstić information content (AvgIpc) is 2.29. The Kier molecular flexibility index (Phi) is 5.23.